The lowest BCUT2D eigenvalue weighted by atomic mass is 9.81. The number of benzene rings is 5. The van der Waals surface area contributed by atoms with Crippen LogP contribution in [0.25, 0.3) is 49.8 Å². The van der Waals surface area contributed by atoms with Crippen LogP contribution in [0.3, 0.4) is 0 Å². The van der Waals surface area contributed by atoms with Gasteiger partial charge in [-0.25, -0.2) is 0 Å². The molecule has 5 aromatic carbocycles. The van der Waals surface area contributed by atoms with Gasteiger partial charge in [0.2, 0.25) is 0 Å². The van der Waals surface area contributed by atoms with Crippen LogP contribution in [0.4, 0.5) is 5.69 Å². The first kappa shape index (κ1) is 29.2. The molecule has 0 N–H and O–H groups in total. The topological polar surface area (TPSA) is 8.17 Å². The van der Waals surface area contributed by atoms with E-state index in [0.29, 0.717) is 28.4 Å². The molecule has 2 aliphatic heterocycles. The molecule has 1 saturated heterocycles. The van der Waals surface area contributed by atoms with E-state index >= 15 is 0 Å². The number of hydrogen-bond donors (Lipinski definition) is 0. The fourth-order valence-electron chi connectivity index (χ4n) is 9.33. The minimum absolute atomic E-state index is 0.307. The zero-order valence-corrected chi connectivity index (χ0v) is 29.0. The van der Waals surface area contributed by atoms with E-state index in [9.17, 15) is 0 Å². The van der Waals surface area contributed by atoms with E-state index in [4.69, 9.17) is 0 Å². The van der Waals surface area contributed by atoms with Crippen molar-refractivity contribution in [2.75, 3.05) is 4.90 Å². The van der Waals surface area contributed by atoms with E-state index in [2.05, 4.69) is 197 Å². The Morgan fingerprint density at radius 3 is 2.37 bits per heavy atom. The van der Waals surface area contributed by atoms with Crippen LogP contribution in [0.2, 0.25) is 0 Å². The summed E-state index contributed by atoms with van der Waals surface area (Å²) >= 11 is 2.15. The van der Waals surface area contributed by atoms with Crippen molar-refractivity contribution in [3.05, 3.63) is 193 Å². The average molecular weight is 673 g/mol. The molecule has 1 aromatic heterocycles. The van der Waals surface area contributed by atoms with Gasteiger partial charge in [-0.2, -0.15) is 0 Å². The monoisotopic (exact) mass is 672 g/mol. The number of thioether (sulfide) groups is 1. The molecule has 0 amide bonds. The van der Waals surface area contributed by atoms with Gasteiger partial charge in [0.05, 0.1) is 22.3 Å². The highest BCUT2D eigenvalue weighted by Gasteiger charge is 2.47. The fraction of sp³-hybridized carbons (Fsp3) is 0.125. The van der Waals surface area contributed by atoms with E-state index in [-0.39, 0.29) is 0 Å². The molecule has 6 aromatic rings. The van der Waals surface area contributed by atoms with Gasteiger partial charge >= 0.3 is 0 Å². The van der Waals surface area contributed by atoms with Gasteiger partial charge in [-0.1, -0.05) is 127 Å². The normalized spacial score (nSPS) is 24.2. The van der Waals surface area contributed by atoms with Gasteiger partial charge in [0.1, 0.15) is 0 Å². The summed E-state index contributed by atoms with van der Waals surface area (Å²) in [6.45, 7) is 0. The molecule has 0 bridgehead atoms. The van der Waals surface area contributed by atoms with Crippen molar-refractivity contribution >= 4 is 50.4 Å². The number of allylic oxidation sites excluding steroid dienone is 8. The highest BCUT2D eigenvalue weighted by molar-refractivity contribution is 8.01. The third-order valence-electron chi connectivity index (χ3n) is 11.6. The highest BCUT2D eigenvalue weighted by Crippen LogP contribution is 2.55. The molecule has 51 heavy (non-hydrogen) atoms. The largest absolute Gasteiger partial charge is 0.336 e. The van der Waals surface area contributed by atoms with Crippen molar-refractivity contribution in [2.45, 2.75) is 23.0 Å². The molecule has 0 saturated carbocycles. The Morgan fingerprint density at radius 2 is 1.41 bits per heavy atom. The van der Waals surface area contributed by atoms with Crippen LogP contribution in [-0.4, -0.2) is 21.1 Å². The van der Waals surface area contributed by atoms with E-state index in [1.54, 1.807) is 0 Å². The molecule has 1 fully saturated rings. The Labute approximate surface area is 303 Å². The molecule has 5 aliphatic rings. The number of para-hydroxylation sites is 2. The molecular formula is C48H36N2S. The van der Waals surface area contributed by atoms with Crippen molar-refractivity contribution in [3.63, 3.8) is 0 Å². The van der Waals surface area contributed by atoms with Crippen LogP contribution in [0.1, 0.15) is 17.5 Å². The Morgan fingerprint density at radius 1 is 0.608 bits per heavy atom. The zero-order chi connectivity index (χ0) is 33.5. The van der Waals surface area contributed by atoms with Crippen LogP contribution < -0.4 is 4.90 Å². The third kappa shape index (κ3) is 4.51. The van der Waals surface area contributed by atoms with Crippen molar-refractivity contribution in [2.24, 2.45) is 11.8 Å². The number of anilines is 1. The summed E-state index contributed by atoms with van der Waals surface area (Å²) in [5, 5.41) is 3.58. The van der Waals surface area contributed by atoms with Crippen molar-refractivity contribution in [1.82, 2.24) is 4.57 Å². The van der Waals surface area contributed by atoms with Gasteiger partial charge in [0, 0.05) is 50.5 Å². The van der Waals surface area contributed by atoms with Gasteiger partial charge in [-0.15, -0.1) is 11.8 Å². The molecule has 0 radical (unpaired) electrons. The zero-order valence-electron chi connectivity index (χ0n) is 28.1. The summed E-state index contributed by atoms with van der Waals surface area (Å²) in [6.07, 6.45) is 22.5. The van der Waals surface area contributed by atoms with Gasteiger partial charge in [0.25, 0.3) is 0 Å². The van der Waals surface area contributed by atoms with Crippen LogP contribution >= 0.6 is 11.8 Å². The van der Waals surface area contributed by atoms with Crippen LogP contribution in [0, 0.1) is 11.8 Å². The molecule has 3 heteroatoms. The van der Waals surface area contributed by atoms with Crippen molar-refractivity contribution < 1.29 is 0 Å². The summed E-state index contributed by atoms with van der Waals surface area (Å²) in [5.41, 5.74) is 14.3. The minimum Gasteiger partial charge on any atom is -0.336 e. The Kier molecular flexibility index (Phi) is 6.60. The summed E-state index contributed by atoms with van der Waals surface area (Å²) < 4.78 is 2.43. The summed E-state index contributed by atoms with van der Waals surface area (Å²) in [5.74, 6) is 1.11. The van der Waals surface area contributed by atoms with Gasteiger partial charge in [-0.3, -0.25) is 0 Å². The standard InChI is InChI=1S/C48H36N2S/c1-2-12-31(13-3-1)32-14-10-15-35(28-32)49-42-20-7-4-16-36(42)40-29-33(24-26-44(40)49)34-25-27-45-41(30-34)37-17-5-8-21-43(37)50(45)46-22-11-19-39-38-18-6-9-23-47(38)51-48(39)46/h1-26,28-30,38-39,45,47-48H,27H2. The maximum atomic E-state index is 2.69. The van der Waals surface area contributed by atoms with E-state index < -0.39 is 0 Å². The molecule has 3 heterocycles. The van der Waals surface area contributed by atoms with Crippen molar-refractivity contribution in [1.29, 1.82) is 0 Å². The number of aromatic nitrogens is 1. The number of nitrogens with zero attached hydrogens (tertiary/aromatic N) is 2. The van der Waals surface area contributed by atoms with Crippen LogP contribution in [0.15, 0.2) is 182 Å². The average Bonchev–Trinajstić information content (AvgIpc) is 3.86. The lowest BCUT2D eigenvalue weighted by molar-refractivity contribution is 0.510. The van der Waals surface area contributed by atoms with Crippen molar-refractivity contribution in [3.8, 4) is 16.8 Å². The van der Waals surface area contributed by atoms with E-state index in [1.807, 2.05) is 0 Å². The molecule has 2 nitrogen and oxygen atoms in total. The molecule has 5 unspecified atom stereocenters. The van der Waals surface area contributed by atoms with Gasteiger partial charge in [-0.05, 0) is 82.8 Å². The quantitative estimate of drug-likeness (QED) is 0.184. The van der Waals surface area contributed by atoms with E-state index in [0.717, 1.165) is 6.42 Å². The number of hydrogen-bond acceptors (Lipinski definition) is 2. The smallest absolute Gasteiger partial charge is 0.0630 e. The summed E-state index contributed by atoms with van der Waals surface area (Å²) in [7, 11) is 0. The first-order chi connectivity index (χ1) is 25.3. The predicted molar refractivity (Wildman–Crippen MR) is 217 cm³/mol. The Balaban J connectivity index is 0.980. The molecular weight excluding hydrogens is 637 g/mol. The Bertz CT molecular complexity index is 2580. The SMILES string of the molecule is C1=CC2SC3C(N4c5ccccc5C5=CC(c6ccc7c(c6)c6ccccc6n7-c6cccc(-c7ccccc7)c6)=CCC54)=CC=CC3C2C=C1. The minimum atomic E-state index is 0.307. The summed E-state index contributed by atoms with van der Waals surface area (Å²) in [6, 6.07) is 44.9. The first-order valence-electron chi connectivity index (χ1n) is 18.2. The van der Waals surface area contributed by atoms with Gasteiger partial charge in [0.15, 0.2) is 0 Å². The number of fused-ring (bicyclic) bond motifs is 9. The molecule has 5 atom stereocenters. The van der Waals surface area contributed by atoms with Crippen LogP contribution in [-0.2, 0) is 0 Å². The second-order valence-electron chi connectivity index (χ2n) is 14.3. The summed E-state index contributed by atoms with van der Waals surface area (Å²) in [4.78, 5) is 2.69. The highest BCUT2D eigenvalue weighted by atomic mass is 32.2. The molecule has 3 aliphatic carbocycles. The predicted octanol–water partition coefficient (Wildman–Crippen LogP) is 11.8. The first-order valence-corrected chi connectivity index (χ1v) is 19.1. The molecule has 244 valence electrons. The second kappa shape index (κ2) is 11.5. The van der Waals surface area contributed by atoms with Crippen LogP contribution in [0.5, 0.6) is 0 Å². The lowest BCUT2D eigenvalue weighted by Crippen LogP contribution is -2.37. The fourth-order valence-corrected chi connectivity index (χ4v) is 11.1. The Hall–Kier alpha value is -5.51. The lowest BCUT2D eigenvalue weighted by Gasteiger charge is -2.37. The molecule has 0 spiro atoms. The third-order valence-corrected chi connectivity index (χ3v) is 13.3. The maximum Gasteiger partial charge on any atom is 0.0630 e. The second-order valence-corrected chi connectivity index (χ2v) is 15.6. The van der Waals surface area contributed by atoms with E-state index in [1.165, 1.54) is 72.3 Å². The van der Waals surface area contributed by atoms with Gasteiger partial charge < -0.3 is 9.47 Å². The number of rotatable bonds is 4. The maximum absolute atomic E-state index is 2.69. The molecule has 11 rings (SSSR count).